The fourth-order valence-corrected chi connectivity index (χ4v) is 3.74. The number of aromatic nitrogens is 1. The number of halogens is 2. The zero-order valence-electron chi connectivity index (χ0n) is 12.3. The Morgan fingerprint density at radius 2 is 2.14 bits per heavy atom. The number of nitrogens with one attached hydrogen (secondary N) is 1. The van der Waals surface area contributed by atoms with Crippen molar-refractivity contribution < 1.29 is 0 Å². The Hall–Kier alpha value is -0.460. The molecule has 0 saturated heterocycles. The molecule has 3 N–H and O–H groups in total. The van der Waals surface area contributed by atoms with Gasteiger partial charge < -0.3 is 0 Å². The molecule has 0 spiro atoms. The van der Waals surface area contributed by atoms with E-state index in [2.05, 4.69) is 47.5 Å². The van der Waals surface area contributed by atoms with E-state index in [1.54, 1.807) is 11.3 Å². The number of hydrogen-bond donors (Lipinski definition) is 2. The lowest BCUT2D eigenvalue weighted by Gasteiger charge is -2.17. The van der Waals surface area contributed by atoms with E-state index >= 15 is 0 Å². The van der Waals surface area contributed by atoms with Gasteiger partial charge in [0.25, 0.3) is 0 Å². The summed E-state index contributed by atoms with van der Waals surface area (Å²) in [7, 11) is 0. The average Bonchev–Trinajstić information content (AvgIpc) is 2.87. The van der Waals surface area contributed by atoms with E-state index < -0.39 is 0 Å². The van der Waals surface area contributed by atoms with Crippen LogP contribution in [-0.4, -0.2) is 4.98 Å². The molecule has 114 valence electrons. The van der Waals surface area contributed by atoms with E-state index in [1.807, 2.05) is 18.2 Å². The van der Waals surface area contributed by atoms with Crippen molar-refractivity contribution in [3.63, 3.8) is 0 Å². The van der Waals surface area contributed by atoms with Gasteiger partial charge >= 0.3 is 0 Å². The van der Waals surface area contributed by atoms with Crippen molar-refractivity contribution in [1.82, 2.24) is 10.4 Å². The van der Waals surface area contributed by atoms with Crippen LogP contribution in [0.1, 0.15) is 43.1 Å². The molecule has 0 amide bonds. The molecule has 0 radical (unpaired) electrons. The van der Waals surface area contributed by atoms with Crippen LogP contribution < -0.4 is 11.3 Å². The van der Waals surface area contributed by atoms with Crippen LogP contribution in [0.5, 0.6) is 0 Å². The monoisotopic (exact) mass is 387 g/mol. The summed E-state index contributed by atoms with van der Waals surface area (Å²) in [5.74, 6) is 5.73. The van der Waals surface area contributed by atoms with E-state index in [0.717, 1.165) is 27.2 Å². The largest absolute Gasteiger partial charge is 0.271 e. The van der Waals surface area contributed by atoms with Gasteiger partial charge in [0.15, 0.2) is 0 Å². The summed E-state index contributed by atoms with van der Waals surface area (Å²) in [5, 5.41) is 3.88. The molecule has 0 aliphatic heterocycles. The Kier molecular flexibility index (Phi) is 5.43. The highest BCUT2D eigenvalue weighted by molar-refractivity contribution is 9.10. The number of nitrogens with two attached hydrogens (primary N) is 1. The molecular formula is C15H19BrClN3S. The first kappa shape index (κ1) is 16.9. The van der Waals surface area contributed by atoms with Gasteiger partial charge in [0.05, 0.1) is 16.7 Å². The Bertz CT molecular complexity index is 622. The Labute approximate surface area is 143 Å². The third-order valence-electron chi connectivity index (χ3n) is 3.23. The molecule has 1 unspecified atom stereocenters. The maximum atomic E-state index is 6.08. The van der Waals surface area contributed by atoms with E-state index in [9.17, 15) is 0 Å². The molecule has 0 bridgehead atoms. The Balaban J connectivity index is 2.23. The summed E-state index contributed by atoms with van der Waals surface area (Å²) in [5.41, 5.74) is 5.08. The summed E-state index contributed by atoms with van der Waals surface area (Å²) in [6.45, 7) is 6.49. The van der Waals surface area contributed by atoms with E-state index in [4.69, 9.17) is 22.4 Å². The van der Waals surface area contributed by atoms with Crippen molar-refractivity contribution in [3.8, 4) is 0 Å². The SMILES string of the molecule is CC(C)(C)c1csc(CC(NN)c2cc(Cl)ccc2Br)n1. The van der Waals surface area contributed by atoms with Crippen molar-refractivity contribution >= 4 is 38.9 Å². The second-order valence-electron chi connectivity index (χ2n) is 5.97. The zero-order chi connectivity index (χ0) is 15.6. The quantitative estimate of drug-likeness (QED) is 0.594. The fraction of sp³-hybridized carbons (Fsp3) is 0.400. The highest BCUT2D eigenvalue weighted by atomic mass is 79.9. The highest BCUT2D eigenvalue weighted by Crippen LogP contribution is 2.30. The van der Waals surface area contributed by atoms with Crippen LogP contribution in [0.15, 0.2) is 28.1 Å². The first-order valence-corrected chi connectivity index (χ1v) is 8.72. The molecular weight excluding hydrogens is 370 g/mol. The minimum atomic E-state index is -0.0305. The number of thiazole rings is 1. The Morgan fingerprint density at radius 3 is 2.71 bits per heavy atom. The molecule has 1 atom stereocenters. The van der Waals surface area contributed by atoms with Gasteiger partial charge in [-0.15, -0.1) is 11.3 Å². The van der Waals surface area contributed by atoms with E-state index in [0.29, 0.717) is 5.02 Å². The summed E-state index contributed by atoms with van der Waals surface area (Å²) in [6, 6.07) is 5.68. The molecule has 1 aromatic carbocycles. The van der Waals surface area contributed by atoms with E-state index in [-0.39, 0.29) is 11.5 Å². The van der Waals surface area contributed by atoms with Crippen LogP contribution in [-0.2, 0) is 11.8 Å². The summed E-state index contributed by atoms with van der Waals surface area (Å²) in [4.78, 5) is 4.72. The number of rotatable bonds is 4. The molecule has 2 aromatic rings. The van der Waals surface area contributed by atoms with Crippen molar-refractivity contribution in [1.29, 1.82) is 0 Å². The third kappa shape index (κ3) is 4.27. The summed E-state index contributed by atoms with van der Waals surface area (Å²) >= 11 is 11.3. The zero-order valence-corrected chi connectivity index (χ0v) is 15.4. The molecule has 21 heavy (non-hydrogen) atoms. The molecule has 0 fully saturated rings. The molecule has 0 aliphatic rings. The van der Waals surface area contributed by atoms with Gasteiger partial charge in [-0.05, 0) is 23.8 Å². The topological polar surface area (TPSA) is 50.9 Å². The minimum Gasteiger partial charge on any atom is -0.271 e. The average molecular weight is 389 g/mol. The smallest absolute Gasteiger partial charge is 0.0948 e. The summed E-state index contributed by atoms with van der Waals surface area (Å²) in [6.07, 6.45) is 0.732. The molecule has 1 aromatic heterocycles. The molecule has 3 nitrogen and oxygen atoms in total. The van der Waals surface area contributed by atoms with Crippen molar-refractivity contribution in [2.75, 3.05) is 0 Å². The van der Waals surface area contributed by atoms with Crippen molar-refractivity contribution in [2.24, 2.45) is 5.84 Å². The number of hydrogen-bond acceptors (Lipinski definition) is 4. The lowest BCUT2D eigenvalue weighted by atomic mass is 9.93. The predicted octanol–water partition coefficient (Wildman–Crippen LogP) is 4.60. The Morgan fingerprint density at radius 1 is 1.43 bits per heavy atom. The van der Waals surface area contributed by atoms with Gasteiger partial charge in [-0.25, -0.2) is 4.98 Å². The highest BCUT2D eigenvalue weighted by Gasteiger charge is 2.20. The van der Waals surface area contributed by atoms with Gasteiger partial charge in [0, 0.05) is 26.7 Å². The fourth-order valence-electron chi connectivity index (χ4n) is 1.96. The molecule has 0 saturated carbocycles. The number of hydrazine groups is 1. The van der Waals surface area contributed by atoms with Crippen LogP contribution >= 0.6 is 38.9 Å². The maximum Gasteiger partial charge on any atom is 0.0948 e. The number of nitrogens with zero attached hydrogens (tertiary/aromatic N) is 1. The molecule has 0 aliphatic carbocycles. The predicted molar refractivity (Wildman–Crippen MR) is 93.7 cm³/mol. The standard InChI is InChI=1S/C15H19BrClN3S/c1-15(2,3)13-8-21-14(19-13)7-12(20-18)10-6-9(17)4-5-11(10)16/h4-6,8,12,20H,7,18H2,1-3H3. The van der Waals surface area contributed by atoms with E-state index in [1.165, 1.54) is 0 Å². The van der Waals surface area contributed by atoms with Gasteiger partial charge in [-0.2, -0.15) is 0 Å². The minimum absolute atomic E-state index is 0.0305. The summed E-state index contributed by atoms with van der Waals surface area (Å²) < 4.78 is 0.988. The van der Waals surface area contributed by atoms with Crippen LogP contribution in [0.2, 0.25) is 5.02 Å². The molecule has 1 heterocycles. The first-order valence-electron chi connectivity index (χ1n) is 6.67. The lowest BCUT2D eigenvalue weighted by Crippen LogP contribution is -2.30. The molecule has 2 rings (SSSR count). The van der Waals surface area contributed by atoms with Crippen LogP contribution in [0, 0.1) is 0 Å². The second-order valence-corrected chi connectivity index (χ2v) is 8.20. The normalized spacial score (nSPS) is 13.4. The van der Waals surface area contributed by atoms with Crippen LogP contribution in [0.4, 0.5) is 0 Å². The second kappa shape index (κ2) is 6.75. The maximum absolute atomic E-state index is 6.08. The van der Waals surface area contributed by atoms with Crippen molar-refractivity contribution in [3.05, 3.63) is 49.3 Å². The lowest BCUT2D eigenvalue weighted by molar-refractivity contribution is 0.539. The van der Waals surface area contributed by atoms with Gasteiger partial charge in [0.2, 0.25) is 0 Å². The van der Waals surface area contributed by atoms with Crippen molar-refractivity contribution in [2.45, 2.75) is 38.6 Å². The van der Waals surface area contributed by atoms with Gasteiger partial charge in [0.1, 0.15) is 0 Å². The van der Waals surface area contributed by atoms with Gasteiger partial charge in [-0.1, -0.05) is 48.3 Å². The molecule has 6 heteroatoms. The van der Waals surface area contributed by atoms with Crippen LogP contribution in [0.25, 0.3) is 0 Å². The third-order valence-corrected chi connectivity index (χ3v) is 5.06. The van der Waals surface area contributed by atoms with Crippen LogP contribution in [0.3, 0.4) is 0 Å². The number of benzene rings is 1. The van der Waals surface area contributed by atoms with Gasteiger partial charge in [-0.3, -0.25) is 11.3 Å². The first-order chi connectivity index (χ1) is 9.81.